The van der Waals surface area contributed by atoms with Gasteiger partial charge in [-0.25, -0.2) is 0 Å². The fourth-order valence-electron chi connectivity index (χ4n) is 4.82. The number of aryl methyl sites for hydroxylation is 1. The van der Waals surface area contributed by atoms with E-state index in [1.807, 2.05) is 20.2 Å². The van der Waals surface area contributed by atoms with E-state index in [1.165, 1.54) is 40.7 Å². The van der Waals surface area contributed by atoms with Crippen LogP contribution >= 0.6 is 11.8 Å². The fraction of sp³-hybridized carbons (Fsp3) is 0.407. The lowest BCUT2D eigenvalue weighted by molar-refractivity contribution is -0.115. The number of carbonyl (C=O) groups excluding carboxylic acids is 2. The molecule has 1 N–H and O–H groups in total. The summed E-state index contributed by atoms with van der Waals surface area (Å²) in [6.45, 7) is 11.6. The van der Waals surface area contributed by atoms with E-state index in [1.54, 1.807) is 6.08 Å². The van der Waals surface area contributed by atoms with E-state index in [-0.39, 0.29) is 22.0 Å². The summed E-state index contributed by atoms with van der Waals surface area (Å²) >= 11 is 0.949. The lowest BCUT2D eigenvalue weighted by Gasteiger charge is -2.42. The number of carbonyl (C=O) groups is 2. The molecule has 0 spiro atoms. The lowest BCUT2D eigenvalue weighted by atomic mass is 9.62. The van der Waals surface area contributed by atoms with E-state index in [0.717, 1.165) is 23.0 Å². The van der Waals surface area contributed by atoms with Crippen LogP contribution < -0.4 is 10.2 Å². The summed E-state index contributed by atoms with van der Waals surface area (Å²) < 4.78 is 0. The third-order valence-corrected chi connectivity index (χ3v) is 7.74. The highest BCUT2D eigenvalue weighted by molar-refractivity contribution is 8.18. The molecule has 0 unspecified atom stereocenters. The van der Waals surface area contributed by atoms with Crippen molar-refractivity contribution >= 4 is 34.7 Å². The average molecular weight is 449 g/mol. The molecule has 0 bridgehead atoms. The number of benzene rings is 2. The molecule has 0 aromatic heterocycles. The standard InChI is InChI=1S/C27H32N2O2S/c1-16-12-20-21(27(4,5)11-10-26(20,2)3)15-19(16)18-9-8-17(13-22(18)29(6)7)14-23-24(30)28-25(31)32-23/h8-9,12-15H,10-11H2,1-7H3,(H,28,30,31)/b23-14-. The van der Waals surface area contributed by atoms with Gasteiger partial charge in [-0.2, -0.15) is 0 Å². The first-order valence-corrected chi connectivity index (χ1v) is 11.9. The van der Waals surface area contributed by atoms with Crippen molar-refractivity contribution in [1.82, 2.24) is 5.32 Å². The van der Waals surface area contributed by atoms with E-state index in [0.29, 0.717) is 4.91 Å². The zero-order valence-electron chi connectivity index (χ0n) is 20.1. The van der Waals surface area contributed by atoms with Crippen LogP contribution in [0, 0.1) is 6.92 Å². The van der Waals surface area contributed by atoms with Crippen LogP contribution in [0.1, 0.15) is 62.8 Å². The normalized spacial score (nSPS) is 20.3. The van der Waals surface area contributed by atoms with E-state index in [4.69, 9.17) is 0 Å². The molecule has 0 saturated carbocycles. The van der Waals surface area contributed by atoms with Gasteiger partial charge in [0.15, 0.2) is 0 Å². The molecule has 2 amide bonds. The molecular weight excluding hydrogens is 416 g/mol. The third-order valence-electron chi connectivity index (χ3n) is 6.93. The highest BCUT2D eigenvalue weighted by atomic mass is 32.2. The molecule has 0 atom stereocenters. The quantitative estimate of drug-likeness (QED) is 0.552. The zero-order chi connectivity index (χ0) is 23.4. The molecule has 2 aliphatic rings. The van der Waals surface area contributed by atoms with Crippen LogP contribution in [0.15, 0.2) is 35.2 Å². The van der Waals surface area contributed by atoms with Gasteiger partial charge in [-0.3, -0.25) is 14.9 Å². The molecule has 5 heteroatoms. The number of hydrogen-bond acceptors (Lipinski definition) is 4. The number of nitrogens with zero attached hydrogens (tertiary/aromatic N) is 1. The van der Waals surface area contributed by atoms with Gasteiger partial charge >= 0.3 is 0 Å². The number of nitrogens with one attached hydrogen (secondary N) is 1. The van der Waals surface area contributed by atoms with Gasteiger partial charge in [-0.15, -0.1) is 0 Å². The van der Waals surface area contributed by atoms with Crippen molar-refractivity contribution in [2.45, 2.75) is 58.3 Å². The minimum Gasteiger partial charge on any atom is -0.377 e. The van der Waals surface area contributed by atoms with Crippen LogP contribution in [0.25, 0.3) is 17.2 Å². The summed E-state index contributed by atoms with van der Waals surface area (Å²) in [5.41, 5.74) is 8.95. The van der Waals surface area contributed by atoms with Gasteiger partial charge in [-0.1, -0.05) is 45.9 Å². The largest absolute Gasteiger partial charge is 0.377 e. The second-order valence-electron chi connectivity index (χ2n) is 10.5. The summed E-state index contributed by atoms with van der Waals surface area (Å²) in [5, 5.41) is 2.00. The summed E-state index contributed by atoms with van der Waals surface area (Å²) in [6, 6.07) is 11.1. The first-order chi connectivity index (χ1) is 14.9. The molecular formula is C27H32N2O2S. The predicted molar refractivity (Wildman–Crippen MR) is 135 cm³/mol. The van der Waals surface area contributed by atoms with Crippen molar-refractivity contribution in [3.05, 3.63) is 57.5 Å². The highest BCUT2D eigenvalue weighted by Gasteiger charge is 2.37. The number of rotatable bonds is 3. The summed E-state index contributed by atoms with van der Waals surface area (Å²) in [6.07, 6.45) is 4.17. The van der Waals surface area contributed by atoms with E-state index >= 15 is 0 Å². The van der Waals surface area contributed by atoms with Gasteiger partial charge in [-0.05, 0) is 88.4 Å². The first kappa shape index (κ1) is 22.7. The Morgan fingerprint density at radius 1 is 0.938 bits per heavy atom. The number of hydrogen-bond donors (Lipinski definition) is 1. The van der Waals surface area contributed by atoms with Crippen LogP contribution in [0.3, 0.4) is 0 Å². The molecule has 2 aromatic carbocycles. The van der Waals surface area contributed by atoms with Crippen LogP contribution in [-0.4, -0.2) is 25.2 Å². The maximum atomic E-state index is 12.0. The van der Waals surface area contributed by atoms with Crippen LogP contribution in [-0.2, 0) is 15.6 Å². The van der Waals surface area contributed by atoms with Crippen LogP contribution in [0.5, 0.6) is 0 Å². The minimum atomic E-state index is -0.328. The van der Waals surface area contributed by atoms with Gasteiger partial charge < -0.3 is 4.90 Å². The number of amides is 2. The zero-order valence-corrected chi connectivity index (χ0v) is 20.9. The molecule has 168 valence electrons. The van der Waals surface area contributed by atoms with E-state index in [2.05, 4.69) is 69.1 Å². The Kier molecular flexibility index (Phi) is 5.52. The molecule has 0 radical (unpaired) electrons. The molecule has 4 nitrogen and oxygen atoms in total. The Hall–Kier alpha value is -2.53. The van der Waals surface area contributed by atoms with Crippen molar-refractivity contribution in [3.8, 4) is 11.1 Å². The van der Waals surface area contributed by atoms with E-state index in [9.17, 15) is 9.59 Å². The van der Waals surface area contributed by atoms with Gasteiger partial charge in [0.25, 0.3) is 11.1 Å². The van der Waals surface area contributed by atoms with Crippen molar-refractivity contribution in [2.75, 3.05) is 19.0 Å². The van der Waals surface area contributed by atoms with Crippen molar-refractivity contribution in [1.29, 1.82) is 0 Å². The Morgan fingerprint density at radius 3 is 2.12 bits per heavy atom. The molecule has 1 heterocycles. The maximum Gasteiger partial charge on any atom is 0.290 e. The van der Waals surface area contributed by atoms with Crippen molar-refractivity contribution in [3.63, 3.8) is 0 Å². The molecule has 4 rings (SSSR count). The molecule has 2 aromatic rings. The second kappa shape index (κ2) is 7.80. The monoisotopic (exact) mass is 448 g/mol. The molecule has 1 fully saturated rings. The Balaban J connectivity index is 1.85. The van der Waals surface area contributed by atoms with Crippen LogP contribution in [0.2, 0.25) is 0 Å². The Morgan fingerprint density at radius 2 is 1.56 bits per heavy atom. The molecule has 1 aliphatic carbocycles. The minimum absolute atomic E-state index is 0.148. The van der Waals surface area contributed by atoms with Gasteiger partial charge in [0.05, 0.1) is 4.91 Å². The van der Waals surface area contributed by atoms with Crippen molar-refractivity contribution in [2.24, 2.45) is 0 Å². The maximum absolute atomic E-state index is 12.0. The molecule has 1 aliphatic heterocycles. The average Bonchev–Trinajstić information content (AvgIpc) is 3.02. The number of thioether (sulfide) groups is 1. The van der Waals surface area contributed by atoms with Gasteiger partial charge in [0.2, 0.25) is 0 Å². The summed E-state index contributed by atoms with van der Waals surface area (Å²) in [4.78, 5) is 26.0. The molecule has 1 saturated heterocycles. The first-order valence-electron chi connectivity index (χ1n) is 11.1. The van der Waals surface area contributed by atoms with E-state index < -0.39 is 0 Å². The number of fused-ring (bicyclic) bond motifs is 1. The van der Waals surface area contributed by atoms with Gasteiger partial charge in [0.1, 0.15) is 0 Å². The summed E-state index contributed by atoms with van der Waals surface area (Å²) in [5.74, 6) is -0.328. The van der Waals surface area contributed by atoms with Gasteiger partial charge in [0, 0.05) is 25.3 Å². The predicted octanol–water partition coefficient (Wildman–Crippen LogP) is 6.40. The summed E-state index contributed by atoms with van der Waals surface area (Å²) in [7, 11) is 4.08. The fourth-order valence-corrected chi connectivity index (χ4v) is 5.50. The Bertz CT molecular complexity index is 1160. The second-order valence-corrected chi connectivity index (χ2v) is 11.5. The van der Waals surface area contributed by atoms with Crippen LogP contribution in [0.4, 0.5) is 10.5 Å². The smallest absolute Gasteiger partial charge is 0.290 e. The Labute approximate surface area is 195 Å². The molecule has 32 heavy (non-hydrogen) atoms. The lowest BCUT2D eigenvalue weighted by Crippen LogP contribution is -2.34. The SMILES string of the molecule is Cc1cc2c(cc1-c1ccc(/C=C3\SC(=O)NC3=O)cc1N(C)C)C(C)(C)CCC2(C)C. The number of imide groups is 1. The highest BCUT2D eigenvalue weighted by Crippen LogP contribution is 2.48. The number of anilines is 1. The van der Waals surface area contributed by atoms with Crippen molar-refractivity contribution < 1.29 is 9.59 Å². The topological polar surface area (TPSA) is 49.4 Å². The third kappa shape index (κ3) is 3.99.